The molecule has 3 aromatic heterocycles. The fourth-order valence-electron chi connectivity index (χ4n) is 5.88. The maximum absolute atomic E-state index is 12.6. The molecule has 2 aliphatic rings. The Balaban J connectivity index is 1.20. The van der Waals surface area contributed by atoms with E-state index in [2.05, 4.69) is 38.1 Å². The van der Waals surface area contributed by atoms with Crippen molar-refractivity contribution in [2.75, 3.05) is 27.3 Å². The van der Waals surface area contributed by atoms with E-state index in [0.29, 0.717) is 19.0 Å². The monoisotopic (exact) mass is 497 g/mol. The third-order valence-corrected chi connectivity index (χ3v) is 7.65. The van der Waals surface area contributed by atoms with Gasteiger partial charge in [-0.1, -0.05) is 18.2 Å². The highest BCUT2D eigenvalue weighted by atomic mass is 16.5. The first-order valence-electron chi connectivity index (χ1n) is 12.7. The van der Waals surface area contributed by atoms with Gasteiger partial charge in [-0.3, -0.25) is 14.2 Å². The molecular weight excluding hydrogens is 466 g/mol. The van der Waals surface area contributed by atoms with Crippen molar-refractivity contribution in [1.82, 2.24) is 34.4 Å². The van der Waals surface area contributed by atoms with Gasteiger partial charge < -0.3 is 9.64 Å². The maximum Gasteiger partial charge on any atom is 0.225 e. The SMILES string of the molecule is CN(C)C(=O)C1C[C@H]2COC[C@@H](C1)C2n1cc(-c2cnc(-c3cccc(-c4cnn(C)c4)c3)nc2)cn1. The lowest BCUT2D eigenvalue weighted by molar-refractivity contribution is -0.140. The van der Waals surface area contributed by atoms with Crippen LogP contribution in [-0.2, 0) is 16.6 Å². The molecule has 9 heteroatoms. The van der Waals surface area contributed by atoms with Crippen molar-refractivity contribution in [2.24, 2.45) is 24.8 Å². The van der Waals surface area contributed by atoms with Crippen LogP contribution in [-0.4, -0.2) is 67.6 Å². The van der Waals surface area contributed by atoms with Crippen molar-refractivity contribution in [3.63, 3.8) is 0 Å². The van der Waals surface area contributed by atoms with E-state index in [-0.39, 0.29) is 29.7 Å². The molecule has 9 nitrogen and oxygen atoms in total. The summed E-state index contributed by atoms with van der Waals surface area (Å²) in [6.07, 6.45) is 13.2. The molecule has 0 spiro atoms. The number of carbonyl (C=O) groups excluding carboxylic acids is 1. The fourth-order valence-corrected chi connectivity index (χ4v) is 5.88. The number of aryl methyl sites for hydroxylation is 1. The van der Waals surface area contributed by atoms with Crippen LogP contribution in [0.4, 0.5) is 0 Å². The van der Waals surface area contributed by atoms with Crippen LogP contribution in [0.3, 0.4) is 0 Å². The lowest BCUT2D eigenvalue weighted by atomic mass is 9.70. The number of nitrogens with zero attached hydrogens (tertiary/aromatic N) is 7. The molecule has 190 valence electrons. The van der Waals surface area contributed by atoms with Crippen molar-refractivity contribution >= 4 is 5.91 Å². The molecule has 4 heterocycles. The van der Waals surface area contributed by atoms with Crippen molar-refractivity contribution in [3.05, 3.63) is 61.4 Å². The van der Waals surface area contributed by atoms with Gasteiger partial charge in [0.15, 0.2) is 5.82 Å². The lowest BCUT2D eigenvalue weighted by Gasteiger charge is -2.45. The summed E-state index contributed by atoms with van der Waals surface area (Å²) in [7, 11) is 5.59. The summed E-state index contributed by atoms with van der Waals surface area (Å²) >= 11 is 0. The molecule has 2 unspecified atom stereocenters. The number of amides is 1. The Kier molecular flexibility index (Phi) is 6.08. The minimum absolute atomic E-state index is 0.0674. The highest BCUT2D eigenvalue weighted by Gasteiger charge is 2.44. The summed E-state index contributed by atoms with van der Waals surface area (Å²) in [4.78, 5) is 23.7. The number of benzene rings is 1. The first-order chi connectivity index (χ1) is 18.0. The molecule has 1 saturated carbocycles. The molecule has 4 aromatic rings. The smallest absolute Gasteiger partial charge is 0.225 e. The Bertz CT molecular complexity index is 1390. The summed E-state index contributed by atoms with van der Waals surface area (Å²) in [6, 6.07) is 8.42. The number of hydrogen-bond acceptors (Lipinski definition) is 6. The van der Waals surface area contributed by atoms with Gasteiger partial charge >= 0.3 is 0 Å². The highest BCUT2D eigenvalue weighted by molar-refractivity contribution is 5.78. The molecule has 1 aromatic carbocycles. The van der Waals surface area contributed by atoms with E-state index in [4.69, 9.17) is 9.84 Å². The van der Waals surface area contributed by atoms with Crippen LogP contribution in [0.2, 0.25) is 0 Å². The Hall–Kier alpha value is -3.85. The standard InChI is InChI=1S/C28H31N7O2/c1-33(2)28(36)20-8-21-16-37-17-22(9-20)26(21)35-15-25(13-32-35)23-10-29-27(30-11-23)19-6-4-5-18(7-19)24-12-31-34(3)14-24/h4-7,10-15,20-22,26H,8-9,16-17H2,1-3H3/t20?,21-,22+,26?. The molecule has 1 aliphatic carbocycles. The second-order valence-corrected chi connectivity index (χ2v) is 10.4. The van der Waals surface area contributed by atoms with Gasteiger partial charge in [-0.15, -0.1) is 0 Å². The third-order valence-electron chi connectivity index (χ3n) is 7.65. The van der Waals surface area contributed by atoms with Gasteiger partial charge in [0.05, 0.1) is 31.6 Å². The van der Waals surface area contributed by atoms with Crippen LogP contribution in [0.5, 0.6) is 0 Å². The van der Waals surface area contributed by atoms with E-state index in [1.807, 2.05) is 64.3 Å². The molecule has 0 N–H and O–H groups in total. The molecule has 0 radical (unpaired) electrons. The summed E-state index contributed by atoms with van der Waals surface area (Å²) in [5.74, 6) is 1.52. The Labute approximate surface area is 216 Å². The van der Waals surface area contributed by atoms with Gasteiger partial charge in [0.1, 0.15) is 0 Å². The number of fused-ring (bicyclic) bond motifs is 2. The Morgan fingerprint density at radius 1 is 0.892 bits per heavy atom. The average molecular weight is 498 g/mol. The summed E-state index contributed by atoms with van der Waals surface area (Å²) in [5, 5.41) is 9.00. The van der Waals surface area contributed by atoms with Gasteiger partial charge in [-0.2, -0.15) is 10.2 Å². The molecule has 1 aliphatic heterocycles. The average Bonchev–Trinajstić information content (AvgIpc) is 3.57. The zero-order chi connectivity index (χ0) is 25.5. The molecular formula is C28H31N7O2. The van der Waals surface area contributed by atoms with Crippen LogP contribution < -0.4 is 0 Å². The number of carbonyl (C=O) groups is 1. The second-order valence-electron chi connectivity index (χ2n) is 10.4. The maximum atomic E-state index is 12.6. The van der Waals surface area contributed by atoms with Crippen molar-refractivity contribution < 1.29 is 9.53 Å². The lowest BCUT2D eigenvalue weighted by Crippen LogP contribution is -2.46. The zero-order valence-electron chi connectivity index (χ0n) is 21.4. The van der Waals surface area contributed by atoms with Crippen LogP contribution in [0, 0.1) is 17.8 Å². The third kappa shape index (κ3) is 4.55. The van der Waals surface area contributed by atoms with Gasteiger partial charge in [-0.25, -0.2) is 9.97 Å². The molecule has 6 rings (SSSR count). The quantitative estimate of drug-likeness (QED) is 0.418. The van der Waals surface area contributed by atoms with E-state index in [9.17, 15) is 4.79 Å². The molecule has 4 atom stereocenters. The van der Waals surface area contributed by atoms with Crippen molar-refractivity contribution in [1.29, 1.82) is 0 Å². The van der Waals surface area contributed by atoms with Crippen LogP contribution in [0.25, 0.3) is 33.6 Å². The minimum atomic E-state index is 0.0674. The Morgan fingerprint density at radius 2 is 1.57 bits per heavy atom. The zero-order valence-corrected chi connectivity index (χ0v) is 21.4. The summed E-state index contributed by atoms with van der Waals surface area (Å²) in [5.41, 5.74) is 5.01. The van der Waals surface area contributed by atoms with Gasteiger partial charge in [-0.05, 0) is 24.5 Å². The number of aromatic nitrogens is 6. The fraction of sp³-hybridized carbons (Fsp3) is 0.393. The molecule has 1 amide bonds. The van der Waals surface area contributed by atoms with E-state index in [1.165, 1.54) is 0 Å². The largest absolute Gasteiger partial charge is 0.381 e. The first kappa shape index (κ1) is 23.5. The normalized spacial score (nSPS) is 23.1. The van der Waals surface area contributed by atoms with E-state index >= 15 is 0 Å². The van der Waals surface area contributed by atoms with Crippen LogP contribution in [0.1, 0.15) is 18.9 Å². The molecule has 2 bridgehead atoms. The molecule has 1 saturated heterocycles. The predicted molar refractivity (Wildman–Crippen MR) is 139 cm³/mol. The van der Waals surface area contributed by atoms with Gasteiger partial charge in [0.25, 0.3) is 0 Å². The number of ether oxygens (including phenoxy) is 1. The van der Waals surface area contributed by atoms with Gasteiger partial charge in [0.2, 0.25) is 5.91 Å². The van der Waals surface area contributed by atoms with Crippen LogP contribution >= 0.6 is 0 Å². The second kappa shape index (κ2) is 9.55. The molecule has 37 heavy (non-hydrogen) atoms. The predicted octanol–water partition coefficient (Wildman–Crippen LogP) is 3.71. The van der Waals surface area contributed by atoms with Crippen molar-refractivity contribution in [2.45, 2.75) is 18.9 Å². The summed E-state index contributed by atoms with van der Waals surface area (Å²) in [6.45, 7) is 1.34. The molecule has 2 fully saturated rings. The van der Waals surface area contributed by atoms with Crippen molar-refractivity contribution in [3.8, 4) is 33.6 Å². The van der Waals surface area contributed by atoms with E-state index < -0.39 is 0 Å². The van der Waals surface area contributed by atoms with E-state index in [0.717, 1.165) is 40.7 Å². The van der Waals surface area contributed by atoms with Gasteiger partial charge in [0, 0.05) is 85.9 Å². The first-order valence-corrected chi connectivity index (χ1v) is 12.7. The number of hydrogen-bond donors (Lipinski definition) is 0. The Morgan fingerprint density at radius 3 is 2.24 bits per heavy atom. The number of rotatable bonds is 5. The highest BCUT2D eigenvalue weighted by Crippen LogP contribution is 2.45. The minimum Gasteiger partial charge on any atom is -0.381 e. The van der Waals surface area contributed by atoms with E-state index in [1.54, 1.807) is 9.58 Å². The topological polar surface area (TPSA) is 91.0 Å². The van der Waals surface area contributed by atoms with Crippen LogP contribution in [0.15, 0.2) is 61.4 Å². The summed E-state index contributed by atoms with van der Waals surface area (Å²) < 4.78 is 9.74.